The zero-order chi connectivity index (χ0) is 12.3. The first-order valence-corrected chi connectivity index (χ1v) is 6.38. The van der Waals surface area contributed by atoms with Crippen LogP contribution in [0.1, 0.15) is 17.5 Å². The highest BCUT2D eigenvalue weighted by molar-refractivity contribution is 5.56. The summed E-state index contributed by atoms with van der Waals surface area (Å²) in [6, 6.07) is 6.64. The van der Waals surface area contributed by atoms with Crippen molar-refractivity contribution in [3.8, 4) is 0 Å². The fourth-order valence-corrected chi connectivity index (χ4v) is 2.42. The van der Waals surface area contributed by atoms with Crippen molar-refractivity contribution >= 4 is 5.69 Å². The van der Waals surface area contributed by atoms with Gasteiger partial charge in [0.25, 0.3) is 0 Å². The van der Waals surface area contributed by atoms with Crippen LogP contribution in [0.3, 0.4) is 0 Å². The van der Waals surface area contributed by atoms with E-state index in [1.165, 1.54) is 16.8 Å². The predicted molar refractivity (Wildman–Crippen MR) is 71.6 cm³/mol. The van der Waals surface area contributed by atoms with Crippen molar-refractivity contribution in [2.45, 2.75) is 26.3 Å². The molecule has 1 aromatic carbocycles. The molecule has 0 radical (unpaired) electrons. The van der Waals surface area contributed by atoms with Crippen LogP contribution in [0.15, 0.2) is 18.2 Å². The Morgan fingerprint density at radius 3 is 3.00 bits per heavy atom. The fourth-order valence-electron chi connectivity index (χ4n) is 2.42. The van der Waals surface area contributed by atoms with Crippen LogP contribution >= 0.6 is 0 Å². The molecule has 1 unspecified atom stereocenters. The van der Waals surface area contributed by atoms with Gasteiger partial charge in [0.2, 0.25) is 0 Å². The molecule has 0 spiro atoms. The molecular formula is C14H22N2O. The lowest BCUT2D eigenvalue weighted by molar-refractivity contribution is 0.248. The van der Waals surface area contributed by atoms with E-state index in [1.54, 1.807) is 0 Å². The Morgan fingerprint density at radius 1 is 1.41 bits per heavy atom. The first-order chi connectivity index (χ1) is 8.22. The van der Waals surface area contributed by atoms with Crippen molar-refractivity contribution in [3.05, 3.63) is 29.3 Å². The summed E-state index contributed by atoms with van der Waals surface area (Å²) in [4.78, 5) is 2.39. The van der Waals surface area contributed by atoms with Crippen molar-refractivity contribution in [1.29, 1.82) is 0 Å². The van der Waals surface area contributed by atoms with Gasteiger partial charge in [0.05, 0.1) is 6.61 Å². The van der Waals surface area contributed by atoms with Gasteiger partial charge in [-0.3, -0.25) is 0 Å². The maximum Gasteiger partial charge on any atom is 0.0601 e. The lowest BCUT2D eigenvalue weighted by Gasteiger charge is -2.27. The molecule has 0 saturated carbocycles. The number of aryl methyl sites for hydroxylation is 1. The van der Waals surface area contributed by atoms with Crippen LogP contribution in [0.25, 0.3) is 0 Å². The average Bonchev–Trinajstić information content (AvgIpc) is 2.58. The van der Waals surface area contributed by atoms with Crippen molar-refractivity contribution in [2.24, 2.45) is 0 Å². The van der Waals surface area contributed by atoms with E-state index in [0.717, 1.165) is 26.1 Å². The molecule has 3 nitrogen and oxygen atoms in total. The molecule has 1 atom stereocenters. The summed E-state index contributed by atoms with van der Waals surface area (Å²) in [5, 5.41) is 12.7. The Balaban J connectivity index is 2.22. The van der Waals surface area contributed by atoms with Gasteiger partial charge in [-0.25, -0.2) is 0 Å². The lowest BCUT2D eigenvalue weighted by atomic mass is 10.1. The molecule has 2 N–H and O–H groups in total. The Labute approximate surface area is 103 Å². The second kappa shape index (κ2) is 5.52. The third-order valence-electron chi connectivity index (χ3n) is 3.62. The Morgan fingerprint density at radius 2 is 2.24 bits per heavy atom. The third-order valence-corrected chi connectivity index (χ3v) is 3.62. The van der Waals surface area contributed by atoms with Crippen LogP contribution in [-0.2, 0) is 0 Å². The minimum atomic E-state index is 0.192. The van der Waals surface area contributed by atoms with E-state index < -0.39 is 0 Å². The van der Waals surface area contributed by atoms with Crippen LogP contribution in [0, 0.1) is 13.8 Å². The van der Waals surface area contributed by atoms with Gasteiger partial charge < -0.3 is 15.3 Å². The molecule has 2 rings (SSSR count). The van der Waals surface area contributed by atoms with Gasteiger partial charge in [-0.05, 0) is 44.0 Å². The number of hydrogen-bond acceptors (Lipinski definition) is 3. The first-order valence-electron chi connectivity index (χ1n) is 6.38. The normalized spacial score (nSPS) is 21.4. The lowest BCUT2D eigenvalue weighted by Crippen LogP contribution is -2.40. The largest absolute Gasteiger partial charge is 0.395 e. The van der Waals surface area contributed by atoms with Crippen LogP contribution in [0.5, 0.6) is 0 Å². The maximum absolute atomic E-state index is 9.32. The van der Waals surface area contributed by atoms with E-state index in [2.05, 4.69) is 42.3 Å². The second-order valence-electron chi connectivity index (χ2n) is 4.85. The summed E-state index contributed by atoms with van der Waals surface area (Å²) >= 11 is 0. The summed E-state index contributed by atoms with van der Waals surface area (Å²) in [5.41, 5.74) is 4.00. The molecule has 17 heavy (non-hydrogen) atoms. The molecular weight excluding hydrogens is 212 g/mol. The third kappa shape index (κ3) is 2.79. The topological polar surface area (TPSA) is 35.5 Å². The van der Waals surface area contributed by atoms with Crippen LogP contribution in [0.4, 0.5) is 5.69 Å². The summed E-state index contributed by atoms with van der Waals surface area (Å²) < 4.78 is 0. The van der Waals surface area contributed by atoms with Gasteiger partial charge in [0, 0.05) is 24.8 Å². The Hall–Kier alpha value is -1.06. The van der Waals surface area contributed by atoms with Crippen LogP contribution in [0.2, 0.25) is 0 Å². The van der Waals surface area contributed by atoms with Crippen molar-refractivity contribution < 1.29 is 5.11 Å². The highest BCUT2D eigenvalue weighted by Crippen LogP contribution is 2.23. The molecule has 1 aromatic rings. The molecule has 94 valence electrons. The minimum absolute atomic E-state index is 0.192. The monoisotopic (exact) mass is 234 g/mol. The van der Waals surface area contributed by atoms with Crippen molar-refractivity contribution in [3.63, 3.8) is 0 Å². The Bertz CT molecular complexity index is 378. The molecule has 1 aliphatic rings. The van der Waals surface area contributed by atoms with Gasteiger partial charge in [-0.1, -0.05) is 12.1 Å². The molecule has 3 heteroatoms. The van der Waals surface area contributed by atoms with Gasteiger partial charge in [0.15, 0.2) is 0 Å². The molecule has 0 aromatic heterocycles. The van der Waals surface area contributed by atoms with E-state index in [0.29, 0.717) is 0 Å². The first kappa shape index (κ1) is 12.4. The molecule has 0 bridgehead atoms. The van der Waals surface area contributed by atoms with Crippen LogP contribution < -0.4 is 10.2 Å². The highest BCUT2D eigenvalue weighted by atomic mass is 16.3. The van der Waals surface area contributed by atoms with Crippen molar-refractivity contribution in [2.75, 3.05) is 31.1 Å². The number of rotatable bonds is 2. The van der Waals surface area contributed by atoms with E-state index in [1.807, 2.05) is 0 Å². The molecule has 0 amide bonds. The number of nitrogens with zero attached hydrogens (tertiary/aromatic N) is 1. The van der Waals surface area contributed by atoms with E-state index in [4.69, 9.17) is 0 Å². The van der Waals surface area contributed by atoms with E-state index in [9.17, 15) is 5.11 Å². The Kier molecular flexibility index (Phi) is 4.02. The summed E-state index contributed by atoms with van der Waals surface area (Å²) in [5.74, 6) is 0. The molecule has 0 aliphatic carbocycles. The second-order valence-corrected chi connectivity index (χ2v) is 4.85. The summed E-state index contributed by atoms with van der Waals surface area (Å²) in [6.45, 7) is 7.48. The minimum Gasteiger partial charge on any atom is -0.395 e. The number of benzene rings is 1. The maximum atomic E-state index is 9.32. The smallest absolute Gasteiger partial charge is 0.0601 e. The number of aliphatic hydroxyl groups excluding tert-OH is 1. The van der Waals surface area contributed by atoms with Gasteiger partial charge in [-0.2, -0.15) is 0 Å². The molecule has 1 saturated heterocycles. The zero-order valence-electron chi connectivity index (χ0n) is 10.7. The molecule has 1 aliphatic heterocycles. The van der Waals surface area contributed by atoms with E-state index >= 15 is 0 Å². The average molecular weight is 234 g/mol. The number of anilines is 1. The summed E-state index contributed by atoms with van der Waals surface area (Å²) in [6.07, 6.45) is 1.13. The van der Waals surface area contributed by atoms with Crippen molar-refractivity contribution in [1.82, 2.24) is 5.32 Å². The number of aliphatic hydroxyl groups is 1. The number of nitrogens with one attached hydrogen (secondary N) is 1. The van der Waals surface area contributed by atoms with Gasteiger partial charge >= 0.3 is 0 Å². The standard InChI is InChI=1S/C14H22N2O/c1-11-5-3-6-14(12(11)2)16-8-4-7-15-13(9-16)10-17/h3,5-6,13,15,17H,4,7-10H2,1-2H3. The summed E-state index contributed by atoms with van der Waals surface area (Å²) in [7, 11) is 0. The SMILES string of the molecule is Cc1cccc(N2CCCNC(CO)C2)c1C. The molecule has 1 fully saturated rings. The molecule has 1 heterocycles. The van der Waals surface area contributed by atoms with Gasteiger partial charge in [0.1, 0.15) is 0 Å². The highest BCUT2D eigenvalue weighted by Gasteiger charge is 2.18. The number of hydrogen-bond donors (Lipinski definition) is 2. The van der Waals surface area contributed by atoms with Crippen LogP contribution in [-0.4, -0.2) is 37.4 Å². The predicted octanol–water partition coefficient (Wildman–Crippen LogP) is 1.46. The van der Waals surface area contributed by atoms with E-state index in [-0.39, 0.29) is 12.6 Å². The fraction of sp³-hybridized carbons (Fsp3) is 0.571. The zero-order valence-corrected chi connectivity index (χ0v) is 10.7. The van der Waals surface area contributed by atoms with Gasteiger partial charge in [-0.15, -0.1) is 0 Å². The quantitative estimate of drug-likeness (QED) is 0.813.